The molecule has 2 saturated carbocycles. The maximum Gasteiger partial charge on any atom is 0.268 e. The van der Waals surface area contributed by atoms with Gasteiger partial charge in [-0.1, -0.05) is 12.8 Å². The molecular formula is C16H25N3O. The number of nitrogens with two attached hydrogens (primary N) is 1. The summed E-state index contributed by atoms with van der Waals surface area (Å²) in [5.74, 6) is 0.611. The molecule has 0 aliphatic heterocycles. The molecule has 1 unspecified atom stereocenters. The Morgan fingerprint density at radius 1 is 1.30 bits per heavy atom. The molecule has 0 radical (unpaired) electrons. The van der Waals surface area contributed by atoms with Crippen molar-refractivity contribution in [3.63, 3.8) is 0 Å². The van der Waals surface area contributed by atoms with Crippen molar-refractivity contribution in [3.8, 4) is 0 Å². The number of hydrogen-bond donors (Lipinski definition) is 2. The van der Waals surface area contributed by atoms with Gasteiger partial charge in [0.05, 0.1) is 0 Å². The van der Waals surface area contributed by atoms with E-state index >= 15 is 0 Å². The highest BCUT2D eigenvalue weighted by molar-refractivity contribution is 5.93. The van der Waals surface area contributed by atoms with Crippen LogP contribution < -0.4 is 11.1 Å². The van der Waals surface area contributed by atoms with Crippen LogP contribution in [0.3, 0.4) is 0 Å². The summed E-state index contributed by atoms with van der Waals surface area (Å²) in [5.41, 5.74) is 6.67. The van der Waals surface area contributed by atoms with E-state index in [0.717, 1.165) is 5.69 Å². The first-order chi connectivity index (χ1) is 9.79. The van der Waals surface area contributed by atoms with Crippen molar-refractivity contribution in [2.24, 2.45) is 11.7 Å². The zero-order chi connectivity index (χ0) is 13.9. The molecule has 2 aliphatic rings. The summed E-state index contributed by atoms with van der Waals surface area (Å²) < 4.78 is 2.14. The Kier molecular flexibility index (Phi) is 4.10. The molecule has 0 saturated heterocycles. The molecule has 1 amide bonds. The fourth-order valence-corrected chi connectivity index (χ4v) is 3.54. The lowest BCUT2D eigenvalue weighted by Gasteiger charge is -2.29. The SMILES string of the molecule is NCC(NC(=O)c1cccn1C1CCC1)C1CCCC1. The molecule has 0 spiro atoms. The van der Waals surface area contributed by atoms with Gasteiger partial charge in [-0.15, -0.1) is 0 Å². The summed E-state index contributed by atoms with van der Waals surface area (Å²) in [6.07, 6.45) is 10.6. The highest BCUT2D eigenvalue weighted by Gasteiger charge is 2.28. The quantitative estimate of drug-likeness (QED) is 0.867. The molecule has 1 heterocycles. The third-order valence-electron chi connectivity index (χ3n) is 5.02. The fraction of sp³-hybridized carbons (Fsp3) is 0.688. The van der Waals surface area contributed by atoms with E-state index in [2.05, 4.69) is 9.88 Å². The maximum atomic E-state index is 12.5. The minimum absolute atomic E-state index is 0.0456. The topological polar surface area (TPSA) is 60.0 Å². The molecular weight excluding hydrogens is 250 g/mol. The molecule has 1 aromatic heterocycles. The van der Waals surface area contributed by atoms with Crippen LogP contribution in [0.25, 0.3) is 0 Å². The van der Waals surface area contributed by atoms with Gasteiger partial charge in [0, 0.05) is 24.8 Å². The van der Waals surface area contributed by atoms with Crippen molar-refractivity contribution < 1.29 is 4.79 Å². The highest BCUT2D eigenvalue weighted by atomic mass is 16.2. The van der Waals surface area contributed by atoms with Crippen molar-refractivity contribution in [1.29, 1.82) is 0 Å². The van der Waals surface area contributed by atoms with Gasteiger partial charge in [-0.25, -0.2) is 0 Å². The molecule has 2 aliphatic carbocycles. The number of amides is 1. The molecule has 3 N–H and O–H groups in total. The lowest BCUT2D eigenvalue weighted by atomic mass is 9.92. The molecule has 0 bridgehead atoms. The zero-order valence-electron chi connectivity index (χ0n) is 12.1. The van der Waals surface area contributed by atoms with Crippen LogP contribution in [-0.2, 0) is 0 Å². The van der Waals surface area contributed by atoms with Crippen LogP contribution in [-0.4, -0.2) is 23.1 Å². The van der Waals surface area contributed by atoms with Crippen LogP contribution >= 0.6 is 0 Å². The number of aromatic nitrogens is 1. The Labute approximate surface area is 120 Å². The van der Waals surface area contributed by atoms with Crippen LogP contribution in [0.4, 0.5) is 0 Å². The lowest BCUT2D eigenvalue weighted by Crippen LogP contribution is -2.45. The second kappa shape index (κ2) is 6.00. The second-order valence-electron chi connectivity index (χ2n) is 6.25. The summed E-state index contributed by atoms with van der Waals surface area (Å²) in [5, 5.41) is 3.17. The zero-order valence-corrected chi connectivity index (χ0v) is 12.1. The van der Waals surface area contributed by atoms with Crippen LogP contribution in [0.15, 0.2) is 18.3 Å². The van der Waals surface area contributed by atoms with E-state index in [4.69, 9.17) is 5.73 Å². The lowest BCUT2D eigenvalue weighted by molar-refractivity contribution is 0.0909. The first-order valence-electron chi connectivity index (χ1n) is 7.97. The van der Waals surface area contributed by atoms with Gasteiger partial charge in [-0.05, 0) is 50.2 Å². The fourth-order valence-electron chi connectivity index (χ4n) is 3.54. The largest absolute Gasteiger partial charge is 0.346 e. The highest BCUT2D eigenvalue weighted by Crippen LogP contribution is 2.33. The Balaban J connectivity index is 1.67. The molecule has 1 atom stereocenters. The molecule has 3 rings (SSSR count). The Morgan fingerprint density at radius 2 is 2.05 bits per heavy atom. The Bertz CT molecular complexity index is 458. The van der Waals surface area contributed by atoms with Crippen LogP contribution in [0.2, 0.25) is 0 Å². The predicted molar refractivity (Wildman–Crippen MR) is 79.6 cm³/mol. The number of nitrogens with zero attached hydrogens (tertiary/aromatic N) is 1. The van der Waals surface area contributed by atoms with E-state index in [1.54, 1.807) is 0 Å². The van der Waals surface area contributed by atoms with Crippen molar-refractivity contribution >= 4 is 5.91 Å². The van der Waals surface area contributed by atoms with E-state index in [-0.39, 0.29) is 11.9 Å². The molecule has 110 valence electrons. The minimum atomic E-state index is 0.0456. The van der Waals surface area contributed by atoms with Crippen LogP contribution in [0, 0.1) is 5.92 Å². The normalized spacial score (nSPS) is 21.6. The first kappa shape index (κ1) is 13.7. The van der Waals surface area contributed by atoms with E-state index in [0.29, 0.717) is 18.5 Å². The first-order valence-corrected chi connectivity index (χ1v) is 7.97. The van der Waals surface area contributed by atoms with E-state index < -0.39 is 0 Å². The Hall–Kier alpha value is -1.29. The van der Waals surface area contributed by atoms with Gasteiger partial charge in [0.1, 0.15) is 5.69 Å². The third-order valence-corrected chi connectivity index (χ3v) is 5.02. The Morgan fingerprint density at radius 3 is 2.65 bits per heavy atom. The van der Waals surface area contributed by atoms with Gasteiger partial charge < -0.3 is 15.6 Å². The predicted octanol–water partition coefficient (Wildman–Crippen LogP) is 2.46. The van der Waals surface area contributed by atoms with Crippen molar-refractivity contribution in [1.82, 2.24) is 9.88 Å². The molecule has 4 heteroatoms. The van der Waals surface area contributed by atoms with Gasteiger partial charge in [-0.2, -0.15) is 0 Å². The summed E-state index contributed by atoms with van der Waals surface area (Å²) >= 11 is 0. The number of rotatable bonds is 5. The average molecular weight is 275 g/mol. The smallest absolute Gasteiger partial charge is 0.268 e. The van der Waals surface area contributed by atoms with Crippen molar-refractivity contribution in [2.75, 3.05) is 6.54 Å². The van der Waals surface area contributed by atoms with Gasteiger partial charge in [0.15, 0.2) is 0 Å². The van der Waals surface area contributed by atoms with E-state index in [1.165, 1.54) is 44.9 Å². The van der Waals surface area contributed by atoms with Crippen molar-refractivity contribution in [3.05, 3.63) is 24.0 Å². The molecule has 1 aromatic rings. The molecule has 4 nitrogen and oxygen atoms in total. The average Bonchev–Trinajstić information content (AvgIpc) is 3.04. The molecule has 2 fully saturated rings. The minimum Gasteiger partial charge on any atom is -0.346 e. The monoisotopic (exact) mass is 275 g/mol. The molecule has 20 heavy (non-hydrogen) atoms. The van der Waals surface area contributed by atoms with Gasteiger partial charge in [-0.3, -0.25) is 4.79 Å². The number of carbonyl (C=O) groups excluding carboxylic acids is 1. The summed E-state index contributed by atoms with van der Waals surface area (Å²) in [7, 11) is 0. The third kappa shape index (κ3) is 2.62. The summed E-state index contributed by atoms with van der Waals surface area (Å²) in [6.45, 7) is 0.542. The van der Waals surface area contributed by atoms with E-state index in [9.17, 15) is 4.79 Å². The van der Waals surface area contributed by atoms with E-state index in [1.807, 2.05) is 18.3 Å². The number of nitrogens with one attached hydrogen (secondary N) is 1. The standard InChI is InChI=1S/C16H25N3O/c17-11-14(12-5-1-2-6-12)18-16(20)15-9-4-10-19(15)13-7-3-8-13/h4,9-10,12-14H,1-3,5-8,11,17H2,(H,18,20). The maximum absolute atomic E-state index is 12.5. The summed E-state index contributed by atoms with van der Waals surface area (Å²) in [6, 6.07) is 4.55. The number of hydrogen-bond acceptors (Lipinski definition) is 2. The molecule has 0 aromatic carbocycles. The second-order valence-corrected chi connectivity index (χ2v) is 6.25. The van der Waals surface area contributed by atoms with Crippen LogP contribution in [0.1, 0.15) is 61.5 Å². The van der Waals surface area contributed by atoms with Crippen molar-refractivity contribution in [2.45, 2.75) is 57.0 Å². The summed E-state index contributed by atoms with van der Waals surface area (Å²) in [4.78, 5) is 12.5. The van der Waals surface area contributed by atoms with Gasteiger partial charge in [0.2, 0.25) is 0 Å². The van der Waals surface area contributed by atoms with Crippen LogP contribution in [0.5, 0.6) is 0 Å². The number of carbonyl (C=O) groups is 1. The van der Waals surface area contributed by atoms with Gasteiger partial charge in [0.25, 0.3) is 5.91 Å². The van der Waals surface area contributed by atoms with Gasteiger partial charge >= 0.3 is 0 Å².